The minimum absolute atomic E-state index is 0.0308. The Hall–Kier alpha value is -0.690. The molecule has 4 saturated carbocycles. The Balaban J connectivity index is 1.21. The molecule has 3 N–H and O–H groups in total. The highest BCUT2D eigenvalue weighted by molar-refractivity contribution is 5.76. The first kappa shape index (κ1) is 26.9. The van der Waals surface area contributed by atoms with Crippen molar-refractivity contribution in [2.75, 3.05) is 39.3 Å². The lowest BCUT2D eigenvalue weighted by molar-refractivity contribution is -0.175. The van der Waals surface area contributed by atoms with Crippen molar-refractivity contribution in [1.29, 1.82) is 0 Å². The minimum Gasteiger partial charge on any atom is -0.395 e. The van der Waals surface area contributed by atoms with E-state index in [4.69, 9.17) is 5.11 Å². The van der Waals surface area contributed by atoms with Gasteiger partial charge in [0, 0.05) is 39.1 Å². The van der Waals surface area contributed by atoms with E-state index >= 15 is 0 Å². The number of fused-ring (bicyclic) bond motifs is 5. The third-order valence-corrected chi connectivity index (χ3v) is 12.5. The normalized spacial score (nSPS) is 46.1. The van der Waals surface area contributed by atoms with E-state index in [2.05, 4.69) is 25.7 Å². The van der Waals surface area contributed by atoms with E-state index in [9.17, 15) is 15.0 Å². The van der Waals surface area contributed by atoms with Crippen LogP contribution in [0.4, 0.5) is 0 Å². The van der Waals surface area contributed by atoms with Crippen molar-refractivity contribution in [2.45, 2.75) is 97.2 Å². The zero-order valence-electron chi connectivity index (χ0n) is 23.1. The third kappa shape index (κ3) is 4.56. The van der Waals surface area contributed by atoms with Crippen molar-refractivity contribution in [3.63, 3.8) is 0 Å². The van der Waals surface area contributed by atoms with Crippen LogP contribution in [0.1, 0.15) is 85.0 Å². The number of rotatable bonds is 6. The summed E-state index contributed by atoms with van der Waals surface area (Å²) in [5, 5.41) is 31.2. The molecule has 36 heavy (non-hydrogen) atoms. The number of carbonyl (C=O) groups excluding carboxylic acids is 1. The van der Waals surface area contributed by atoms with Crippen molar-refractivity contribution >= 4 is 5.91 Å². The number of nitrogens with zero attached hydrogens (tertiary/aromatic N) is 2. The number of hydrogen-bond acceptors (Lipinski definition) is 5. The Bertz CT molecular complexity index is 785. The van der Waals surface area contributed by atoms with E-state index in [0.29, 0.717) is 48.5 Å². The van der Waals surface area contributed by atoms with Crippen molar-refractivity contribution in [1.82, 2.24) is 9.80 Å². The molecule has 7 unspecified atom stereocenters. The average molecular weight is 505 g/mol. The average Bonchev–Trinajstić information content (AvgIpc) is 3.23. The number of aliphatic hydroxyl groups excluding tert-OH is 3. The van der Waals surface area contributed by atoms with Crippen LogP contribution in [-0.2, 0) is 4.79 Å². The summed E-state index contributed by atoms with van der Waals surface area (Å²) in [7, 11) is 0. The molecule has 0 aromatic rings. The van der Waals surface area contributed by atoms with Gasteiger partial charge in [-0.1, -0.05) is 20.8 Å². The van der Waals surface area contributed by atoms with Gasteiger partial charge in [-0.2, -0.15) is 0 Å². The second-order valence-corrected chi connectivity index (χ2v) is 13.8. The minimum atomic E-state index is -0.253. The maximum absolute atomic E-state index is 13.0. The first-order valence-electron chi connectivity index (χ1n) is 15.2. The van der Waals surface area contributed by atoms with Gasteiger partial charge in [0.25, 0.3) is 0 Å². The smallest absolute Gasteiger partial charge is 0.222 e. The largest absolute Gasteiger partial charge is 0.395 e. The maximum Gasteiger partial charge on any atom is 0.222 e. The summed E-state index contributed by atoms with van der Waals surface area (Å²) in [5.74, 6) is 3.74. The SMILES string of the molecule is C[C@H](CCC(=O)N1CCN(CCO)CC1)C1CCC2C3CCC4C[C@H](O)CCC4(C)C3C[C@H](O)C21C. The first-order chi connectivity index (χ1) is 17.2. The predicted octanol–water partition coefficient (Wildman–Crippen LogP) is 3.53. The monoisotopic (exact) mass is 504 g/mol. The Morgan fingerprint density at radius 1 is 0.972 bits per heavy atom. The first-order valence-corrected chi connectivity index (χ1v) is 15.2. The summed E-state index contributed by atoms with van der Waals surface area (Å²) in [6, 6.07) is 0. The molecule has 0 spiro atoms. The van der Waals surface area contributed by atoms with Crippen LogP contribution in [-0.4, -0.2) is 82.6 Å². The third-order valence-electron chi connectivity index (χ3n) is 12.5. The lowest BCUT2D eigenvalue weighted by Crippen LogP contribution is -2.58. The van der Waals surface area contributed by atoms with Crippen LogP contribution in [0, 0.1) is 46.3 Å². The molecule has 0 aromatic heterocycles. The summed E-state index contributed by atoms with van der Waals surface area (Å²) in [4.78, 5) is 17.2. The van der Waals surface area contributed by atoms with Gasteiger partial charge in [-0.15, -0.1) is 0 Å². The molecule has 0 radical (unpaired) electrons. The lowest BCUT2D eigenvalue weighted by atomic mass is 9.43. The van der Waals surface area contributed by atoms with Crippen LogP contribution in [0.2, 0.25) is 0 Å². The van der Waals surface area contributed by atoms with E-state index in [1.165, 1.54) is 25.7 Å². The van der Waals surface area contributed by atoms with Crippen molar-refractivity contribution in [3.8, 4) is 0 Å². The molecular weight excluding hydrogens is 452 g/mol. The maximum atomic E-state index is 13.0. The summed E-state index contributed by atoms with van der Waals surface area (Å²) in [6.45, 7) is 11.4. The van der Waals surface area contributed by atoms with E-state index in [-0.39, 0.29) is 35.6 Å². The molecule has 6 nitrogen and oxygen atoms in total. The van der Waals surface area contributed by atoms with Crippen LogP contribution >= 0.6 is 0 Å². The van der Waals surface area contributed by atoms with Crippen LogP contribution in [0.15, 0.2) is 0 Å². The molecule has 5 aliphatic rings. The summed E-state index contributed by atoms with van der Waals surface area (Å²) in [6.07, 6.45) is 10.0. The Kier molecular flexibility index (Phi) is 7.82. The molecule has 5 fully saturated rings. The fourth-order valence-corrected chi connectivity index (χ4v) is 10.2. The highest BCUT2D eigenvalue weighted by Gasteiger charge is 2.63. The number of piperazine rings is 1. The summed E-state index contributed by atoms with van der Waals surface area (Å²) in [5.41, 5.74) is 0.249. The second kappa shape index (κ2) is 10.5. The quantitative estimate of drug-likeness (QED) is 0.515. The van der Waals surface area contributed by atoms with Gasteiger partial charge in [-0.25, -0.2) is 0 Å². The molecule has 6 heteroatoms. The van der Waals surface area contributed by atoms with Gasteiger partial charge in [-0.05, 0) is 104 Å². The van der Waals surface area contributed by atoms with E-state index in [1.807, 2.05) is 4.90 Å². The summed E-state index contributed by atoms with van der Waals surface area (Å²) < 4.78 is 0. The van der Waals surface area contributed by atoms with Crippen LogP contribution in [0.3, 0.4) is 0 Å². The second-order valence-electron chi connectivity index (χ2n) is 13.8. The van der Waals surface area contributed by atoms with Crippen LogP contribution in [0.5, 0.6) is 0 Å². The number of hydrogen-bond donors (Lipinski definition) is 3. The number of β-amino-alcohol motifs (C(OH)–C–C–N with tert-alkyl or cyclic N) is 1. The molecular formula is C30H52N2O4. The van der Waals surface area contributed by atoms with E-state index < -0.39 is 0 Å². The molecule has 1 amide bonds. The highest BCUT2D eigenvalue weighted by Crippen LogP contribution is 2.68. The van der Waals surface area contributed by atoms with Crippen LogP contribution in [0.25, 0.3) is 0 Å². The van der Waals surface area contributed by atoms with Crippen molar-refractivity contribution in [2.24, 2.45) is 46.3 Å². The van der Waals surface area contributed by atoms with Gasteiger partial charge < -0.3 is 20.2 Å². The predicted molar refractivity (Wildman–Crippen MR) is 141 cm³/mol. The topological polar surface area (TPSA) is 84.2 Å². The van der Waals surface area contributed by atoms with Gasteiger partial charge in [0.05, 0.1) is 18.8 Å². The van der Waals surface area contributed by atoms with Crippen molar-refractivity contribution < 1.29 is 20.1 Å². The molecule has 10 atom stereocenters. The fraction of sp³-hybridized carbons (Fsp3) is 0.967. The molecule has 0 aromatic carbocycles. The number of aliphatic hydroxyl groups is 3. The van der Waals surface area contributed by atoms with Crippen LogP contribution < -0.4 is 0 Å². The molecule has 206 valence electrons. The number of carbonyl (C=O) groups is 1. The Labute approximate surface area is 218 Å². The molecule has 1 aliphatic heterocycles. The molecule has 0 bridgehead atoms. The highest BCUT2D eigenvalue weighted by atomic mass is 16.3. The Morgan fingerprint density at radius 2 is 1.72 bits per heavy atom. The zero-order valence-corrected chi connectivity index (χ0v) is 23.1. The Morgan fingerprint density at radius 3 is 2.44 bits per heavy atom. The molecule has 4 aliphatic carbocycles. The lowest BCUT2D eigenvalue weighted by Gasteiger charge is -2.62. The van der Waals surface area contributed by atoms with Gasteiger partial charge in [0.1, 0.15) is 0 Å². The van der Waals surface area contributed by atoms with Gasteiger partial charge >= 0.3 is 0 Å². The van der Waals surface area contributed by atoms with Gasteiger partial charge in [0.15, 0.2) is 0 Å². The van der Waals surface area contributed by atoms with E-state index in [1.54, 1.807) is 0 Å². The zero-order chi connectivity index (χ0) is 25.7. The van der Waals surface area contributed by atoms with Crippen molar-refractivity contribution in [3.05, 3.63) is 0 Å². The summed E-state index contributed by atoms with van der Waals surface area (Å²) >= 11 is 0. The molecule has 5 rings (SSSR count). The molecule has 1 heterocycles. The van der Waals surface area contributed by atoms with Gasteiger partial charge in [0.2, 0.25) is 5.91 Å². The molecule has 1 saturated heterocycles. The van der Waals surface area contributed by atoms with Gasteiger partial charge in [-0.3, -0.25) is 9.69 Å². The van der Waals surface area contributed by atoms with E-state index in [0.717, 1.165) is 58.3 Å². The fourth-order valence-electron chi connectivity index (χ4n) is 10.2. The standard InChI is InChI=1S/C30H52N2O4/c1-20(4-9-28(36)32-14-12-31(13-15-32)16-17-33)24-7-8-25-23-6-5-21-18-22(34)10-11-29(21,2)26(23)19-27(35)30(24,25)3/h20-27,33-35H,4-19H2,1-3H3/t20-,21?,22-,23?,24?,25?,26?,27+,29?,30?/m1/s1. The number of amides is 1.